The summed E-state index contributed by atoms with van der Waals surface area (Å²) in [5.41, 5.74) is 0. The van der Waals surface area contributed by atoms with E-state index in [1.807, 2.05) is 27.7 Å². The second kappa shape index (κ2) is 10.5. The zero-order chi connectivity index (χ0) is 21.7. The largest absolute Gasteiger partial charge is 0.462 e. The molecule has 1 saturated heterocycles. The smallest absolute Gasteiger partial charge is 0.311 e. The number of carbonyl (C=O) groups is 3. The molecule has 0 bridgehead atoms. The molecule has 0 aromatic carbocycles. The Morgan fingerprint density at radius 1 is 1.07 bits per heavy atom. The average Bonchev–Trinajstić information content (AvgIpc) is 2.68. The quantitative estimate of drug-likeness (QED) is 0.660. The molecule has 2 aliphatic rings. The van der Waals surface area contributed by atoms with Gasteiger partial charge < -0.3 is 14.2 Å². The van der Waals surface area contributed by atoms with E-state index in [-0.39, 0.29) is 41.4 Å². The van der Waals surface area contributed by atoms with Crippen molar-refractivity contribution in [2.45, 2.75) is 91.8 Å². The number of carbonyl (C=O) groups excluding carboxylic acids is 3. The molecule has 0 spiro atoms. The fourth-order valence-corrected chi connectivity index (χ4v) is 4.22. The Balaban J connectivity index is 2.25. The van der Waals surface area contributed by atoms with E-state index in [0.29, 0.717) is 19.3 Å². The van der Waals surface area contributed by atoms with Gasteiger partial charge in [0.2, 0.25) is 0 Å². The van der Waals surface area contributed by atoms with Gasteiger partial charge in [-0.15, -0.1) is 0 Å². The number of hydrogen-bond donors (Lipinski definition) is 0. The van der Waals surface area contributed by atoms with Crippen molar-refractivity contribution in [3.05, 3.63) is 12.2 Å². The SMILES string of the molecule is CC[C@H]1OC(=O)[C@H](C)[C@@H](O[C@H]2C=CC(=O)[C@H](C)O2)[C@@H](C)C[C@@H](C)C(=O)CC[C@H]1C. The molecule has 0 saturated carbocycles. The molecule has 8 atom stereocenters. The number of cyclic esters (lactones) is 1. The van der Waals surface area contributed by atoms with E-state index < -0.39 is 24.4 Å². The van der Waals surface area contributed by atoms with Crippen molar-refractivity contribution >= 4 is 17.5 Å². The molecule has 6 nitrogen and oxygen atoms in total. The van der Waals surface area contributed by atoms with Gasteiger partial charge in [0.1, 0.15) is 18.0 Å². The van der Waals surface area contributed by atoms with Gasteiger partial charge in [0.05, 0.1) is 12.0 Å². The van der Waals surface area contributed by atoms with Crippen molar-refractivity contribution in [1.29, 1.82) is 0 Å². The highest BCUT2D eigenvalue weighted by atomic mass is 16.7. The number of ether oxygens (including phenoxy) is 3. The van der Waals surface area contributed by atoms with Gasteiger partial charge in [0.15, 0.2) is 12.1 Å². The van der Waals surface area contributed by atoms with Crippen LogP contribution in [0.1, 0.15) is 67.2 Å². The summed E-state index contributed by atoms with van der Waals surface area (Å²) in [7, 11) is 0. The van der Waals surface area contributed by atoms with Crippen molar-refractivity contribution in [2.24, 2.45) is 23.7 Å². The first-order valence-corrected chi connectivity index (χ1v) is 10.9. The minimum absolute atomic E-state index is 0.0571. The van der Waals surface area contributed by atoms with E-state index in [1.54, 1.807) is 19.9 Å². The summed E-state index contributed by atoms with van der Waals surface area (Å²) in [4.78, 5) is 37.2. The zero-order valence-electron chi connectivity index (χ0n) is 18.6. The third kappa shape index (κ3) is 6.22. The summed E-state index contributed by atoms with van der Waals surface area (Å²) in [6, 6.07) is 0. The lowest BCUT2D eigenvalue weighted by atomic mass is 9.83. The van der Waals surface area contributed by atoms with Crippen LogP contribution >= 0.6 is 0 Å². The Morgan fingerprint density at radius 3 is 2.38 bits per heavy atom. The molecular formula is C23H36O6. The van der Waals surface area contributed by atoms with Gasteiger partial charge in [0, 0.05) is 12.3 Å². The Morgan fingerprint density at radius 2 is 1.76 bits per heavy atom. The van der Waals surface area contributed by atoms with Gasteiger partial charge in [0.25, 0.3) is 0 Å². The van der Waals surface area contributed by atoms with Crippen LogP contribution in [0.5, 0.6) is 0 Å². The number of Topliss-reactive ketones (excluding diaryl/α,β-unsaturated/α-hetero) is 1. The highest BCUT2D eigenvalue weighted by Gasteiger charge is 2.37. The van der Waals surface area contributed by atoms with Crippen molar-refractivity contribution in [3.8, 4) is 0 Å². The van der Waals surface area contributed by atoms with Crippen LogP contribution in [0, 0.1) is 23.7 Å². The standard InChI is InChI=1S/C23H36O6/c1-7-20-13(2)8-9-18(24)14(3)12-15(4)22(16(5)23(26)28-20)29-21-11-10-19(25)17(6)27-21/h10-11,13-17,20-22H,7-9,12H2,1-6H3/t13-,14-,15+,16-,17+,20-,21+,22+/m1/s1. The van der Waals surface area contributed by atoms with Crippen LogP contribution in [0.2, 0.25) is 0 Å². The zero-order valence-corrected chi connectivity index (χ0v) is 18.6. The van der Waals surface area contributed by atoms with Crippen molar-refractivity contribution in [2.75, 3.05) is 0 Å². The minimum atomic E-state index is -0.704. The second-order valence-electron chi connectivity index (χ2n) is 8.78. The number of hydrogen-bond acceptors (Lipinski definition) is 6. The first kappa shape index (κ1) is 23.7. The average molecular weight is 409 g/mol. The Bertz CT molecular complexity index is 627. The van der Waals surface area contributed by atoms with Gasteiger partial charge in [-0.05, 0) is 57.1 Å². The van der Waals surface area contributed by atoms with Gasteiger partial charge >= 0.3 is 5.97 Å². The Labute approximate surface area is 174 Å². The minimum Gasteiger partial charge on any atom is -0.462 e. The topological polar surface area (TPSA) is 78.9 Å². The lowest BCUT2D eigenvalue weighted by molar-refractivity contribution is -0.200. The van der Waals surface area contributed by atoms with E-state index in [0.717, 1.165) is 6.42 Å². The Hall–Kier alpha value is -1.53. The van der Waals surface area contributed by atoms with Gasteiger partial charge in [-0.25, -0.2) is 0 Å². The molecule has 0 aliphatic carbocycles. The van der Waals surface area contributed by atoms with Gasteiger partial charge in [-0.2, -0.15) is 0 Å². The molecule has 0 N–H and O–H groups in total. The van der Waals surface area contributed by atoms with Gasteiger partial charge in [-0.1, -0.05) is 27.7 Å². The fraction of sp³-hybridized carbons (Fsp3) is 0.783. The third-order valence-electron chi connectivity index (χ3n) is 6.30. The van der Waals surface area contributed by atoms with Crippen LogP contribution in [-0.4, -0.2) is 42.1 Å². The van der Waals surface area contributed by atoms with E-state index in [9.17, 15) is 14.4 Å². The van der Waals surface area contributed by atoms with Crippen LogP contribution in [0.4, 0.5) is 0 Å². The molecular weight excluding hydrogens is 372 g/mol. The molecule has 0 aromatic rings. The predicted octanol–water partition coefficient (Wildman–Crippen LogP) is 3.86. The van der Waals surface area contributed by atoms with E-state index >= 15 is 0 Å². The second-order valence-corrected chi connectivity index (χ2v) is 8.78. The molecule has 2 rings (SSSR count). The maximum absolute atomic E-state index is 12.9. The van der Waals surface area contributed by atoms with E-state index in [4.69, 9.17) is 14.2 Å². The molecule has 1 fully saturated rings. The Kier molecular flexibility index (Phi) is 8.58. The highest BCUT2D eigenvalue weighted by molar-refractivity contribution is 5.93. The van der Waals surface area contributed by atoms with Crippen LogP contribution in [0.25, 0.3) is 0 Å². The third-order valence-corrected chi connectivity index (χ3v) is 6.30. The highest BCUT2D eigenvalue weighted by Crippen LogP contribution is 2.30. The van der Waals surface area contributed by atoms with E-state index in [1.165, 1.54) is 6.08 Å². The van der Waals surface area contributed by atoms with Gasteiger partial charge in [-0.3, -0.25) is 14.4 Å². The lowest BCUT2D eigenvalue weighted by Gasteiger charge is -2.35. The van der Waals surface area contributed by atoms with Crippen LogP contribution in [0.3, 0.4) is 0 Å². The normalized spacial score (nSPS) is 40.1. The fourth-order valence-electron chi connectivity index (χ4n) is 4.22. The van der Waals surface area contributed by atoms with Crippen LogP contribution < -0.4 is 0 Å². The molecule has 0 radical (unpaired) electrons. The first-order valence-electron chi connectivity index (χ1n) is 10.9. The number of esters is 1. The summed E-state index contributed by atoms with van der Waals surface area (Å²) in [5, 5.41) is 0. The number of ketones is 2. The predicted molar refractivity (Wildman–Crippen MR) is 109 cm³/mol. The van der Waals surface area contributed by atoms with Crippen LogP contribution in [-0.2, 0) is 28.6 Å². The van der Waals surface area contributed by atoms with Crippen molar-refractivity contribution in [1.82, 2.24) is 0 Å². The molecule has 164 valence electrons. The molecule has 2 aliphatic heterocycles. The lowest BCUT2D eigenvalue weighted by Crippen LogP contribution is -2.42. The summed E-state index contributed by atoms with van der Waals surface area (Å²) in [5.74, 6) is -0.706. The molecule has 29 heavy (non-hydrogen) atoms. The van der Waals surface area contributed by atoms with Crippen LogP contribution in [0.15, 0.2) is 12.2 Å². The first-order chi connectivity index (χ1) is 13.6. The summed E-state index contributed by atoms with van der Waals surface area (Å²) in [6.45, 7) is 11.4. The molecule has 0 amide bonds. The summed E-state index contributed by atoms with van der Waals surface area (Å²) in [6.07, 6.45) is 3.60. The maximum Gasteiger partial charge on any atom is 0.311 e. The maximum atomic E-state index is 12.9. The summed E-state index contributed by atoms with van der Waals surface area (Å²) < 4.78 is 17.6. The monoisotopic (exact) mass is 408 g/mol. The molecule has 0 unspecified atom stereocenters. The van der Waals surface area contributed by atoms with E-state index in [2.05, 4.69) is 0 Å². The summed E-state index contributed by atoms with van der Waals surface area (Å²) >= 11 is 0. The molecule has 6 heteroatoms. The molecule has 0 aromatic heterocycles. The van der Waals surface area contributed by atoms with Crippen molar-refractivity contribution in [3.63, 3.8) is 0 Å². The van der Waals surface area contributed by atoms with Crippen molar-refractivity contribution < 1.29 is 28.6 Å². The molecule has 2 heterocycles. The number of rotatable bonds is 3.